The van der Waals surface area contributed by atoms with Crippen molar-refractivity contribution in [3.8, 4) is 35.7 Å². The van der Waals surface area contributed by atoms with Crippen LogP contribution in [0.5, 0.6) is 0 Å². The van der Waals surface area contributed by atoms with E-state index in [2.05, 4.69) is 33.4 Å². The lowest BCUT2D eigenvalue weighted by molar-refractivity contribution is 0.664. The number of furan rings is 1. The Morgan fingerprint density at radius 1 is 0.383 bits per heavy atom. The van der Waals surface area contributed by atoms with Gasteiger partial charge in [0.1, 0.15) is 0 Å². The van der Waals surface area contributed by atoms with Gasteiger partial charge < -0.3 is 13.6 Å². The predicted octanol–water partition coefficient (Wildman–Crippen LogP) is 9.27. The van der Waals surface area contributed by atoms with Crippen molar-refractivity contribution < 1.29 is 4.42 Å². The zero-order valence-corrected chi connectivity index (χ0v) is 24.5. The van der Waals surface area contributed by atoms with Crippen molar-refractivity contribution >= 4 is 65.6 Å². The molecule has 0 amide bonds. The average Bonchev–Trinajstić information content (AvgIpc) is 3.78. The number of nitriles is 4. The molecule has 9 aromatic rings. The van der Waals surface area contributed by atoms with E-state index in [0.717, 1.165) is 65.8 Å². The van der Waals surface area contributed by atoms with Crippen LogP contribution in [0, 0.1) is 45.3 Å². The number of hydrogen-bond acceptors (Lipinski definition) is 5. The number of rotatable bonds is 2. The Bertz CT molecular complexity index is 2670. The third-order valence-corrected chi connectivity index (χ3v) is 9.01. The van der Waals surface area contributed by atoms with Crippen LogP contribution in [0.3, 0.4) is 0 Å². The molecule has 0 saturated heterocycles. The van der Waals surface area contributed by atoms with E-state index in [1.165, 1.54) is 0 Å². The predicted molar refractivity (Wildman–Crippen MR) is 181 cm³/mol. The Morgan fingerprint density at radius 2 is 0.702 bits per heavy atom. The molecule has 214 valence electrons. The number of fused-ring (bicyclic) bond motifs is 9. The van der Waals surface area contributed by atoms with E-state index in [-0.39, 0.29) is 0 Å². The summed E-state index contributed by atoms with van der Waals surface area (Å²) in [5.41, 5.74) is 8.80. The van der Waals surface area contributed by atoms with Crippen molar-refractivity contribution in [3.63, 3.8) is 0 Å². The maximum Gasteiger partial charge on any atom is 0.159 e. The minimum absolute atomic E-state index is 0.542. The Balaban J connectivity index is 1.38. The van der Waals surface area contributed by atoms with Crippen LogP contribution in [0.1, 0.15) is 22.3 Å². The second-order valence-electron chi connectivity index (χ2n) is 11.5. The van der Waals surface area contributed by atoms with Gasteiger partial charge in [-0.1, -0.05) is 24.3 Å². The Hall–Kier alpha value is -7.32. The van der Waals surface area contributed by atoms with E-state index in [1.807, 2.05) is 84.9 Å². The number of aromatic nitrogens is 2. The maximum atomic E-state index is 9.65. The molecule has 0 radical (unpaired) electrons. The molecule has 0 unspecified atom stereocenters. The van der Waals surface area contributed by atoms with Gasteiger partial charge in [-0.3, -0.25) is 0 Å². The van der Waals surface area contributed by atoms with Crippen molar-refractivity contribution in [2.45, 2.75) is 0 Å². The fourth-order valence-corrected chi connectivity index (χ4v) is 6.99. The standard InChI is InChI=1S/C40H18N6O/c41-19-23-7-11-33-29(15-23)30-16-24(20-42)8-12-34(30)45(33)37-5-1-3-27-28-4-2-6-38(40(28)47-39(27)37)46-35-13-9-25(21-43)17-31(35)32-18-26(22-44)10-14-36(32)46/h1-18H. The monoisotopic (exact) mass is 598 g/mol. The largest absolute Gasteiger partial charge is 0.452 e. The van der Waals surface area contributed by atoms with Gasteiger partial charge in [-0.05, 0) is 84.9 Å². The normalized spacial score (nSPS) is 11.3. The molecule has 47 heavy (non-hydrogen) atoms. The first-order valence-corrected chi connectivity index (χ1v) is 14.8. The second kappa shape index (κ2) is 9.59. The van der Waals surface area contributed by atoms with Crippen molar-refractivity contribution in [2.75, 3.05) is 0 Å². The molecular formula is C40H18N6O. The first-order chi connectivity index (χ1) is 23.1. The fraction of sp³-hybridized carbons (Fsp3) is 0. The van der Waals surface area contributed by atoms with Crippen LogP contribution < -0.4 is 0 Å². The minimum atomic E-state index is 0.542. The zero-order chi connectivity index (χ0) is 31.8. The van der Waals surface area contributed by atoms with E-state index in [9.17, 15) is 21.0 Å². The van der Waals surface area contributed by atoms with Crippen LogP contribution in [0.15, 0.2) is 114 Å². The topological polar surface area (TPSA) is 118 Å². The molecule has 7 heteroatoms. The molecule has 0 aliphatic carbocycles. The average molecular weight is 599 g/mol. The summed E-state index contributed by atoms with van der Waals surface area (Å²) in [5.74, 6) is 0. The van der Waals surface area contributed by atoms with Crippen molar-refractivity contribution in [1.29, 1.82) is 21.0 Å². The van der Waals surface area contributed by atoms with Crippen LogP contribution >= 0.6 is 0 Å². The molecule has 0 aliphatic heterocycles. The first kappa shape index (κ1) is 26.1. The van der Waals surface area contributed by atoms with Crippen molar-refractivity contribution in [3.05, 3.63) is 131 Å². The van der Waals surface area contributed by atoms with Gasteiger partial charge in [0.15, 0.2) is 11.2 Å². The third-order valence-electron chi connectivity index (χ3n) is 9.01. The van der Waals surface area contributed by atoms with E-state index in [4.69, 9.17) is 4.42 Å². The SMILES string of the molecule is N#Cc1ccc2c(c1)c1cc(C#N)ccc1n2-c1cccc2c1oc1c(-n3c4ccc(C#N)cc4c4cc(C#N)ccc43)cccc12. The lowest BCUT2D eigenvalue weighted by Crippen LogP contribution is -1.94. The van der Waals surface area contributed by atoms with Crippen molar-refractivity contribution in [1.82, 2.24) is 9.13 Å². The van der Waals surface area contributed by atoms with Gasteiger partial charge in [0.2, 0.25) is 0 Å². The Kier molecular flexibility index (Phi) is 5.33. The highest BCUT2D eigenvalue weighted by molar-refractivity contribution is 6.15. The number of hydrogen-bond donors (Lipinski definition) is 0. The van der Waals surface area contributed by atoms with Crippen molar-refractivity contribution in [2.24, 2.45) is 0 Å². The second-order valence-corrected chi connectivity index (χ2v) is 11.5. The highest BCUT2D eigenvalue weighted by Gasteiger charge is 2.22. The van der Waals surface area contributed by atoms with Crippen LogP contribution in [-0.4, -0.2) is 9.13 Å². The molecule has 7 nitrogen and oxygen atoms in total. The number of nitrogens with zero attached hydrogens (tertiary/aromatic N) is 6. The molecular weight excluding hydrogens is 580 g/mol. The molecule has 3 aromatic heterocycles. The molecule has 0 saturated carbocycles. The van der Waals surface area contributed by atoms with E-state index in [1.54, 1.807) is 24.3 Å². The smallest absolute Gasteiger partial charge is 0.159 e. The van der Waals surface area contributed by atoms with Gasteiger partial charge in [-0.2, -0.15) is 21.0 Å². The lowest BCUT2D eigenvalue weighted by Gasteiger charge is -2.09. The summed E-state index contributed by atoms with van der Waals surface area (Å²) in [6, 6.07) is 43.6. The fourth-order valence-electron chi connectivity index (χ4n) is 6.99. The molecule has 0 atom stereocenters. The molecule has 0 N–H and O–H groups in total. The van der Waals surface area contributed by atoms with E-state index < -0.39 is 0 Å². The quantitative estimate of drug-likeness (QED) is 0.196. The van der Waals surface area contributed by atoms with Gasteiger partial charge in [0.25, 0.3) is 0 Å². The number of para-hydroxylation sites is 2. The summed E-state index contributed by atoms with van der Waals surface area (Å²) in [6.45, 7) is 0. The third kappa shape index (κ3) is 3.57. The molecule has 3 heterocycles. The molecule has 0 bridgehead atoms. The summed E-state index contributed by atoms with van der Waals surface area (Å²) in [6.07, 6.45) is 0. The van der Waals surface area contributed by atoms with E-state index >= 15 is 0 Å². The highest BCUT2D eigenvalue weighted by atomic mass is 16.3. The van der Waals surface area contributed by atoms with Gasteiger partial charge in [0, 0.05) is 32.3 Å². The van der Waals surface area contributed by atoms with E-state index in [0.29, 0.717) is 33.4 Å². The molecule has 0 spiro atoms. The number of benzene rings is 6. The summed E-state index contributed by atoms with van der Waals surface area (Å²) in [7, 11) is 0. The van der Waals surface area contributed by atoms with Gasteiger partial charge in [0.05, 0.1) is 80.0 Å². The van der Waals surface area contributed by atoms with Crippen LogP contribution in [0.25, 0.3) is 76.9 Å². The van der Waals surface area contributed by atoms with Crippen LogP contribution in [0.4, 0.5) is 0 Å². The van der Waals surface area contributed by atoms with Crippen LogP contribution in [-0.2, 0) is 0 Å². The minimum Gasteiger partial charge on any atom is -0.452 e. The Morgan fingerprint density at radius 3 is 1.00 bits per heavy atom. The van der Waals surface area contributed by atoms with Crippen LogP contribution in [0.2, 0.25) is 0 Å². The molecule has 0 aliphatic rings. The highest BCUT2D eigenvalue weighted by Crippen LogP contribution is 2.42. The summed E-state index contributed by atoms with van der Waals surface area (Å²) in [5, 5.41) is 44.0. The first-order valence-electron chi connectivity index (χ1n) is 14.8. The maximum absolute atomic E-state index is 9.65. The summed E-state index contributed by atoms with van der Waals surface area (Å²) >= 11 is 0. The Labute approximate surface area is 266 Å². The molecule has 9 rings (SSSR count). The molecule has 0 fully saturated rings. The summed E-state index contributed by atoms with van der Waals surface area (Å²) < 4.78 is 11.1. The molecule has 6 aromatic carbocycles. The van der Waals surface area contributed by atoms with Gasteiger partial charge in [-0.25, -0.2) is 0 Å². The van der Waals surface area contributed by atoms with Gasteiger partial charge in [-0.15, -0.1) is 0 Å². The lowest BCUT2D eigenvalue weighted by atomic mass is 10.1. The summed E-state index contributed by atoms with van der Waals surface area (Å²) in [4.78, 5) is 0. The van der Waals surface area contributed by atoms with Gasteiger partial charge >= 0.3 is 0 Å². The zero-order valence-electron chi connectivity index (χ0n) is 24.5.